The Balaban J connectivity index is 2.13. The first-order valence-electron chi connectivity index (χ1n) is 6.63. The zero-order chi connectivity index (χ0) is 13.8. The van der Waals surface area contributed by atoms with Gasteiger partial charge in [-0.2, -0.15) is 0 Å². The lowest BCUT2D eigenvalue weighted by Gasteiger charge is -2.33. The Bertz CT molecular complexity index is 467. The molecule has 0 radical (unpaired) electrons. The molecule has 0 spiro atoms. The highest BCUT2D eigenvalue weighted by Crippen LogP contribution is 2.19. The van der Waals surface area contributed by atoms with Crippen LogP contribution in [-0.2, 0) is 4.74 Å². The van der Waals surface area contributed by atoms with Crippen LogP contribution in [0.4, 0.5) is 0 Å². The standard InChI is InChI=1S/C15H19NO3/c1-11-5-3-4-10-16(11)14(17)12-6-8-13(9-7-12)15(18)19-2/h6-9,11H,3-5,10H2,1-2H3. The van der Waals surface area contributed by atoms with Crippen molar-refractivity contribution >= 4 is 11.9 Å². The Morgan fingerprint density at radius 1 is 1.16 bits per heavy atom. The monoisotopic (exact) mass is 261 g/mol. The van der Waals surface area contributed by atoms with Crippen LogP contribution in [0.5, 0.6) is 0 Å². The van der Waals surface area contributed by atoms with Crippen LogP contribution >= 0.6 is 0 Å². The van der Waals surface area contributed by atoms with Gasteiger partial charge in [0.05, 0.1) is 12.7 Å². The summed E-state index contributed by atoms with van der Waals surface area (Å²) < 4.78 is 4.64. The van der Waals surface area contributed by atoms with Gasteiger partial charge in [0.15, 0.2) is 0 Å². The van der Waals surface area contributed by atoms with Gasteiger partial charge in [0.2, 0.25) is 0 Å². The average Bonchev–Trinajstić information content (AvgIpc) is 2.46. The fourth-order valence-corrected chi connectivity index (χ4v) is 2.43. The number of carbonyl (C=O) groups excluding carboxylic acids is 2. The average molecular weight is 261 g/mol. The van der Waals surface area contributed by atoms with Gasteiger partial charge in [0.1, 0.15) is 0 Å². The first-order valence-corrected chi connectivity index (χ1v) is 6.63. The van der Waals surface area contributed by atoms with Crippen LogP contribution in [0, 0.1) is 0 Å². The fraction of sp³-hybridized carbons (Fsp3) is 0.467. The fourth-order valence-electron chi connectivity index (χ4n) is 2.43. The van der Waals surface area contributed by atoms with Crippen LogP contribution < -0.4 is 0 Å². The van der Waals surface area contributed by atoms with Gasteiger partial charge in [-0.25, -0.2) is 4.79 Å². The highest BCUT2D eigenvalue weighted by molar-refractivity contribution is 5.96. The van der Waals surface area contributed by atoms with E-state index >= 15 is 0 Å². The zero-order valence-electron chi connectivity index (χ0n) is 11.4. The smallest absolute Gasteiger partial charge is 0.337 e. The molecule has 0 saturated carbocycles. The predicted molar refractivity (Wildman–Crippen MR) is 72.1 cm³/mol. The first kappa shape index (κ1) is 13.6. The second kappa shape index (κ2) is 5.87. The summed E-state index contributed by atoms with van der Waals surface area (Å²) in [7, 11) is 1.34. The minimum absolute atomic E-state index is 0.0450. The molecule has 0 bridgehead atoms. The van der Waals surface area contributed by atoms with E-state index in [2.05, 4.69) is 11.7 Å². The highest BCUT2D eigenvalue weighted by atomic mass is 16.5. The van der Waals surface area contributed by atoms with E-state index in [0.717, 1.165) is 19.4 Å². The highest BCUT2D eigenvalue weighted by Gasteiger charge is 2.24. The molecule has 102 valence electrons. The lowest BCUT2D eigenvalue weighted by molar-refractivity contribution is 0.0596. The minimum Gasteiger partial charge on any atom is -0.465 e. The van der Waals surface area contributed by atoms with Crippen molar-refractivity contribution in [3.63, 3.8) is 0 Å². The van der Waals surface area contributed by atoms with Gasteiger partial charge in [-0.05, 0) is 50.5 Å². The Morgan fingerprint density at radius 2 is 1.79 bits per heavy atom. The number of esters is 1. The molecular formula is C15H19NO3. The molecule has 19 heavy (non-hydrogen) atoms. The van der Waals surface area contributed by atoms with Gasteiger partial charge in [0.25, 0.3) is 5.91 Å². The van der Waals surface area contributed by atoms with E-state index in [4.69, 9.17) is 0 Å². The number of likely N-dealkylation sites (tertiary alicyclic amines) is 1. The number of benzene rings is 1. The van der Waals surface area contributed by atoms with E-state index in [9.17, 15) is 9.59 Å². The lowest BCUT2D eigenvalue weighted by Crippen LogP contribution is -2.42. The van der Waals surface area contributed by atoms with E-state index in [1.165, 1.54) is 13.5 Å². The Hall–Kier alpha value is -1.84. The number of piperidine rings is 1. The van der Waals surface area contributed by atoms with E-state index < -0.39 is 0 Å². The quantitative estimate of drug-likeness (QED) is 0.768. The third-order valence-electron chi connectivity index (χ3n) is 3.62. The molecular weight excluding hydrogens is 242 g/mol. The van der Waals surface area contributed by atoms with Gasteiger partial charge in [0, 0.05) is 18.2 Å². The predicted octanol–water partition coefficient (Wildman–Crippen LogP) is 2.49. The molecule has 1 amide bonds. The minimum atomic E-state index is -0.384. The normalized spacial score (nSPS) is 19.1. The molecule has 1 aromatic carbocycles. The summed E-state index contributed by atoms with van der Waals surface area (Å²) in [5.74, 6) is -0.339. The Labute approximate surface area is 113 Å². The van der Waals surface area contributed by atoms with Crippen molar-refractivity contribution in [3.05, 3.63) is 35.4 Å². The molecule has 4 heteroatoms. The number of rotatable bonds is 2. The molecule has 1 heterocycles. The zero-order valence-corrected chi connectivity index (χ0v) is 11.4. The summed E-state index contributed by atoms with van der Waals surface area (Å²) in [5.41, 5.74) is 1.09. The third-order valence-corrected chi connectivity index (χ3v) is 3.62. The second-order valence-electron chi connectivity index (χ2n) is 4.91. The number of nitrogens with zero attached hydrogens (tertiary/aromatic N) is 1. The molecule has 0 N–H and O–H groups in total. The van der Waals surface area contributed by atoms with Crippen LogP contribution in [-0.4, -0.2) is 36.5 Å². The maximum absolute atomic E-state index is 12.4. The Kier molecular flexibility index (Phi) is 4.20. The summed E-state index contributed by atoms with van der Waals surface area (Å²) in [6, 6.07) is 6.94. The summed E-state index contributed by atoms with van der Waals surface area (Å²) in [6.45, 7) is 2.90. The Morgan fingerprint density at radius 3 is 2.37 bits per heavy atom. The van der Waals surface area contributed by atoms with Crippen molar-refractivity contribution < 1.29 is 14.3 Å². The van der Waals surface area contributed by atoms with Gasteiger partial charge < -0.3 is 9.64 Å². The number of ether oxygens (including phenoxy) is 1. The summed E-state index contributed by atoms with van der Waals surface area (Å²) in [6.07, 6.45) is 3.31. The largest absolute Gasteiger partial charge is 0.465 e. The topological polar surface area (TPSA) is 46.6 Å². The molecule has 1 aliphatic heterocycles. The molecule has 1 unspecified atom stereocenters. The van der Waals surface area contributed by atoms with Crippen LogP contribution in [0.3, 0.4) is 0 Å². The molecule has 0 aliphatic carbocycles. The number of methoxy groups -OCH3 is 1. The molecule has 1 saturated heterocycles. The van der Waals surface area contributed by atoms with E-state index in [-0.39, 0.29) is 11.9 Å². The molecule has 4 nitrogen and oxygen atoms in total. The number of hydrogen-bond donors (Lipinski definition) is 0. The maximum Gasteiger partial charge on any atom is 0.337 e. The number of carbonyl (C=O) groups is 2. The molecule has 1 fully saturated rings. The van der Waals surface area contributed by atoms with E-state index in [1.54, 1.807) is 24.3 Å². The number of hydrogen-bond acceptors (Lipinski definition) is 3. The number of amides is 1. The van der Waals surface area contributed by atoms with Crippen molar-refractivity contribution in [2.75, 3.05) is 13.7 Å². The van der Waals surface area contributed by atoms with Crippen molar-refractivity contribution in [1.82, 2.24) is 4.90 Å². The van der Waals surface area contributed by atoms with Gasteiger partial charge >= 0.3 is 5.97 Å². The van der Waals surface area contributed by atoms with Crippen LogP contribution in [0.2, 0.25) is 0 Å². The van der Waals surface area contributed by atoms with E-state index in [0.29, 0.717) is 17.2 Å². The van der Waals surface area contributed by atoms with Crippen LogP contribution in [0.25, 0.3) is 0 Å². The summed E-state index contributed by atoms with van der Waals surface area (Å²) >= 11 is 0. The SMILES string of the molecule is COC(=O)c1ccc(C(=O)N2CCCCC2C)cc1. The van der Waals surface area contributed by atoms with Crippen LogP contribution in [0.15, 0.2) is 24.3 Å². The molecule has 1 atom stereocenters. The van der Waals surface area contributed by atoms with Crippen LogP contribution in [0.1, 0.15) is 46.9 Å². The van der Waals surface area contributed by atoms with Gasteiger partial charge in [-0.15, -0.1) is 0 Å². The van der Waals surface area contributed by atoms with Crippen molar-refractivity contribution in [1.29, 1.82) is 0 Å². The second-order valence-corrected chi connectivity index (χ2v) is 4.91. The maximum atomic E-state index is 12.4. The summed E-state index contributed by atoms with van der Waals surface area (Å²) in [5, 5.41) is 0. The lowest BCUT2D eigenvalue weighted by atomic mass is 10.0. The van der Waals surface area contributed by atoms with Gasteiger partial charge in [-0.3, -0.25) is 4.79 Å². The molecule has 1 aliphatic rings. The molecule has 1 aromatic rings. The first-order chi connectivity index (χ1) is 9.13. The van der Waals surface area contributed by atoms with Gasteiger partial charge in [-0.1, -0.05) is 0 Å². The third kappa shape index (κ3) is 2.95. The molecule has 2 rings (SSSR count). The van der Waals surface area contributed by atoms with E-state index in [1.807, 2.05) is 4.90 Å². The molecule has 0 aromatic heterocycles. The van der Waals surface area contributed by atoms with Crippen molar-refractivity contribution in [2.24, 2.45) is 0 Å². The summed E-state index contributed by atoms with van der Waals surface area (Å²) in [4.78, 5) is 25.6. The van der Waals surface area contributed by atoms with Crippen molar-refractivity contribution in [3.8, 4) is 0 Å². The van der Waals surface area contributed by atoms with Crippen molar-refractivity contribution in [2.45, 2.75) is 32.2 Å².